The van der Waals surface area contributed by atoms with Crippen LogP contribution in [0.25, 0.3) is 0 Å². The Kier molecular flexibility index (Phi) is 52.9. The predicted molar refractivity (Wildman–Crippen MR) is 293 cm³/mol. The van der Waals surface area contributed by atoms with Gasteiger partial charge in [0.1, 0.15) is 13.2 Å². The Morgan fingerprint density at radius 3 is 0.956 bits per heavy atom. The molecule has 6 nitrogen and oxygen atoms in total. The van der Waals surface area contributed by atoms with Crippen molar-refractivity contribution in [1.82, 2.24) is 0 Å². The molecule has 0 amide bonds. The quantitative estimate of drug-likeness (QED) is 0.0262. The minimum Gasteiger partial charge on any atom is -0.462 e. The summed E-state index contributed by atoms with van der Waals surface area (Å²) in [6, 6.07) is 0. The van der Waals surface area contributed by atoms with Crippen molar-refractivity contribution in [3.63, 3.8) is 0 Å². The first-order chi connectivity index (χ1) is 33.5. The van der Waals surface area contributed by atoms with Gasteiger partial charge in [-0.3, -0.25) is 14.4 Å². The Morgan fingerprint density at radius 1 is 0.309 bits per heavy atom. The van der Waals surface area contributed by atoms with E-state index in [-0.39, 0.29) is 31.1 Å². The minimum absolute atomic E-state index is 0.0921. The number of rotatable bonds is 50. The molecule has 1 unspecified atom stereocenters. The van der Waals surface area contributed by atoms with Crippen LogP contribution in [0.1, 0.15) is 258 Å². The fraction of sp³-hybridized carbons (Fsp3) is 0.694. The molecule has 388 valence electrons. The lowest BCUT2D eigenvalue weighted by Crippen LogP contribution is -2.30. The Morgan fingerprint density at radius 2 is 0.574 bits per heavy atom. The van der Waals surface area contributed by atoms with Gasteiger partial charge in [-0.2, -0.15) is 0 Å². The molecule has 0 saturated carbocycles. The molecule has 0 aliphatic carbocycles. The number of unbranched alkanes of at least 4 members (excludes halogenated alkanes) is 23. The summed E-state index contributed by atoms with van der Waals surface area (Å²) in [5.74, 6) is -0.941. The van der Waals surface area contributed by atoms with Gasteiger partial charge in [0.25, 0.3) is 0 Å². The highest BCUT2D eigenvalue weighted by Gasteiger charge is 2.19. The van der Waals surface area contributed by atoms with Crippen LogP contribution in [-0.4, -0.2) is 37.2 Å². The van der Waals surface area contributed by atoms with E-state index < -0.39 is 6.10 Å². The number of hydrogen-bond acceptors (Lipinski definition) is 6. The lowest BCUT2D eigenvalue weighted by molar-refractivity contribution is -0.167. The Labute approximate surface area is 419 Å². The Balaban J connectivity index is 4.41. The van der Waals surface area contributed by atoms with Gasteiger partial charge < -0.3 is 14.2 Å². The molecule has 0 saturated heterocycles. The van der Waals surface area contributed by atoms with Crippen molar-refractivity contribution in [1.29, 1.82) is 0 Å². The number of esters is 3. The van der Waals surface area contributed by atoms with E-state index in [9.17, 15) is 14.4 Å². The maximum Gasteiger partial charge on any atom is 0.306 e. The molecule has 0 aromatic carbocycles. The lowest BCUT2D eigenvalue weighted by Gasteiger charge is -2.18. The zero-order chi connectivity index (χ0) is 49.3. The van der Waals surface area contributed by atoms with Gasteiger partial charge in [-0.25, -0.2) is 0 Å². The van der Waals surface area contributed by atoms with E-state index in [1.165, 1.54) is 116 Å². The average Bonchev–Trinajstić information content (AvgIpc) is 3.34. The van der Waals surface area contributed by atoms with Gasteiger partial charge in [0.2, 0.25) is 0 Å². The second kappa shape index (κ2) is 55.9. The van der Waals surface area contributed by atoms with Crippen LogP contribution in [-0.2, 0) is 28.6 Å². The third-order valence-electron chi connectivity index (χ3n) is 11.8. The Bertz CT molecular complexity index is 1360. The van der Waals surface area contributed by atoms with Gasteiger partial charge in [0, 0.05) is 19.3 Å². The van der Waals surface area contributed by atoms with E-state index in [4.69, 9.17) is 14.2 Å². The van der Waals surface area contributed by atoms with Crippen LogP contribution in [0.2, 0.25) is 0 Å². The molecule has 0 aliphatic heterocycles. The van der Waals surface area contributed by atoms with Crippen molar-refractivity contribution in [3.05, 3.63) is 97.2 Å². The number of ether oxygens (including phenoxy) is 3. The van der Waals surface area contributed by atoms with Crippen LogP contribution in [0, 0.1) is 0 Å². The van der Waals surface area contributed by atoms with E-state index in [1.807, 2.05) is 0 Å². The molecule has 0 radical (unpaired) electrons. The molecular weight excluding hydrogens is 841 g/mol. The molecular formula is C62H104O6. The van der Waals surface area contributed by atoms with Crippen molar-refractivity contribution in [2.24, 2.45) is 0 Å². The van der Waals surface area contributed by atoms with Crippen molar-refractivity contribution in [2.45, 2.75) is 264 Å². The maximum absolute atomic E-state index is 12.8. The molecule has 0 aromatic heterocycles. The van der Waals surface area contributed by atoms with Gasteiger partial charge >= 0.3 is 17.9 Å². The van der Waals surface area contributed by atoms with Gasteiger partial charge in [-0.15, -0.1) is 0 Å². The van der Waals surface area contributed by atoms with Crippen LogP contribution in [0.3, 0.4) is 0 Å². The molecule has 68 heavy (non-hydrogen) atoms. The highest BCUT2D eigenvalue weighted by Crippen LogP contribution is 2.15. The number of carbonyl (C=O) groups is 3. The summed E-state index contributed by atoms with van der Waals surface area (Å²) in [6.07, 6.45) is 74.0. The molecule has 0 heterocycles. The highest BCUT2D eigenvalue weighted by molar-refractivity contribution is 5.71. The van der Waals surface area contributed by atoms with E-state index in [1.54, 1.807) is 0 Å². The van der Waals surface area contributed by atoms with Crippen molar-refractivity contribution < 1.29 is 28.6 Å². The van der Waals surface area contributed by atoms with Gasteiger partial charge in [-0.05, 0) is 103 Å². The third kappa shape index (κ3) is 53.3. The normalized spacial score (nSPS) is 12.8. The highest BCUT2D eigenvalue weighted by atomic mass is 16.6. The number of hydrogen-bond donors (Lipinski definition) is 0. The standard InChI is InChI=1S/C62H104O6/c1-4-7-10-13-16-19-22-24-26-28-30-31-33-34-36-38-40-43-46-49-52-55-61(64)67-58-59(57-66-60(63)54-51-48-45-42-21-18-15-12-9-6-3)68-62(65)56-53-50-47-44-41-39-37-35-32-29-27-25-23-20-17-14-11-8-5-2/h7,10,16-17,19-20,24-27,30-31,34,36,40,43,59H,4-6,8-9,11-15,18,21-23,28-29,32-33,35,37-39,41-42,44-58H2,1-3H3/b10-7-,19-16-,20-17-,26-24-,27-25-,31-30-,36-34-,43-40-. The van der Waals surface area contributed by atoms with E-state index in [0.29, 0.717) is 19.3 Å². The molecule has 0 N–H and O–H groups in total. The van der Waals surface area contributed by atoms with Crippen LogP contribution < -0.4 is 0 Å². The first-order valence-electron chi connectivity index (χ1n) is 28.2. The molecule has 0 aliphatic rings. The fourth-order valence-electron chi connectivity index (χ4n) is 7.59. The monoisotopic (exact) mass is 945 g/mol. The molecule has 0 spiro atoms. The van der Waals surface area contributed by atoms with Crippen LogP contribution in [0.4, 0.5) is 0 Å². The number of carbonyl (C=O) groups excluding carboxylic acids is 3. The molecule has 6 heteroatoms. The predicted octanol–water partition coefficient (Wildman–Crippen LogP) is 18.9. The third-order valence-corrected chi connectivity index (χ3v) is 11.8. The summed E-state index contributed by atoms with van der Waals surface area (Å²) in [5, 5.41) is 0. The van der Waals surface area contributed by atoms with E-state index in [2.05, 4.69) is 118 Å². The molecule has 0 fully saturated rings. The van der Waals surface area contributed by atoms with Crippen molar-refractivity contribution in [3.8, 4) is 0 Å². The Hall–Kier alpha value is -3.67. The largest absolute Gasteiger partial charge is 0.462 e. The second-order valence-electron chi connectivity index (χ2n) is 18.5. The van der Waals surface area contributed by atoms with E-state index >= 15 is 0 Å². The van der Waals surface area contributed by atoms with Crippen LogP contribution >= 0.6 is 0 Å². The summed E-state index contributed by atoms with van der Waals surface area (Å²) >= 11 is 0. The first-order valence-corrected chi connectivity index (χ1v) is 28.2. The van der Waals surface area contributed by atoms with Crippen molar-refractivity contribution in [2.75, 3.05) is 13.2 Å². The van der Waals surface area contributed by atoms with E-state index in [0.717, 1.165) is 103 Å². The molecule has 0 rings (SSSR count). The number of allylic oxidation sites excluding steroid dienone is 16. The smallest absolute Gasteiger partial charge is 0.306 e. The van der Waals surface area contributed by atoms with Crippen LogP contribution in [0.15, 0.2) is 97.2 Å². The fourth-order valence-corrected chi connectivity index (χ4v) is 7.59. The second-order valence-corrected chi connectivity index (χ2v) is 18.5. The summed E-state index contributed by atoms with van der Waals surface area (Å²) < 4.78 is 16.8. The zero-order valence-electron chi connectivity index (χ0n) is 44.3. The summed E-state index contributed by atoms with van der Waals surface area (Å²) in [5.41, 5.74) is 0. The SMILES string of the molecule is CC/C=C\C/C=C\C/C=C\C/C=C\C/C=C\C/C=C\CCCCC(=O)OCC(COC(=O)CCCCCCCCCCCC)OC(=O)CCCCCCCCCCC/C=C\C/C=C\CCCCC. The first kappa shape index (κ1) is 64.3. The lowest BCUT2D eigenvalue weighted by atomic mass is 10.1. The molecule has 0 bridgehead atoms. The van der Waals surface area contributed by atoms with Gasteiger partial charge in [0.15, 0.2) is 6.10 Å². The summed E-state index contributed by atoms with van der Waals surface area (Å²) in [4.78, 5) is 38.1. The maximum atomic E-state index is 12.8. The summed E-state index contributed by atoms with van der Waals surface area (Å²) in [7, 11) is 0. The molecule has 0 aromatic rings. The van der Waals surface area contributed by atoms with Crippen molar-refractivity contribution >= 4 is 17.9 Å². The minimum atomic E-state index is -0.797. The zero-order valence-corrected chi connectivity index (χ0v) is 44.3. The van der Waals surface area contributed by atoms with Crippen LogP contribution in [0.5, 0.6) is 0 Å². The van der Waals surface area contributed by atoms with Gasteiger partial charge in [0.05, 0.1) is 0 Å². The summed E-state index contributed by atoms with van der Waals surface area (Å²) in [6.45, 7) is 6.45. The van der Waals surface area contributed by atoms with Gasteiger partial charge in [-0.1, -0.05) is 234 Å². The topological polar surface area (TPSA) is 78.9 Å². The average molecular weight is 946 g/mol. The molecule has 1 atom stereocenters.